The SMILES string of the molecule is CNCC(C)C(=O)Nc1ncn(CC(=O)N2CCCCCC2)n1. The molecule has 1 aromatic heterocycles. The highest BCUT2D eigenvalue weighted by Gasteiger charge is 2.17. The molecule has 0 bridgehead atoms. The molecule has 0 spiro atoms. The molecule has 2 N–H and O–H groups in total. The Labute approximate surface area is 136 Å². The fourth-order valence-electron chi connectivity index (χ4n) is 2.62. The molecule has 23 heavy (non-hydrogen) atoms. The first-order valence-corrected chi connectivity index (χ1v) is 8.23. The van der Waals surface area contributed by atoms with Crippen LogP contribution >= 0.6 is 0 Å². The summed E-state index contributed by atoms with van der Waals surface area (Å²) in [6.45, 7) is 4.21. The van der Waals surface area contributed by atoms with E-state index in [0.717, 1.165) is 25.9 Å². The summed E-state index contributed by atoms with van der Waals surface area (Å²) in [5, 5.41) is 9.77. The average Bonchev–Trinajstić information content (AvgIpc) is 2.79. The fraction of sp³-hybridized carbons (Fsp3) is 0.733. The predicted molar refractivity (Wildman–Crippen MR) is 86.8 cm³/mol. The maximum absolute atomic E-state index is 12.3. The molecule has 0 radical (unpaired) electrons. The van der Waals surface area contributed by atoms with Crippen LogP contribution in [0.1, 0.15) is 32.6 Å². The maximum atomic E-state index is 12.3. The van der Waals surface area contributed by atoms with E-state index in [1.807, 2.05) is 11.8 Å². The second-order valence-corrected chi connectivity index (χ2v) is 6.01. The lowest BCUT2D eigenvalue weighted by Gasteiger charge is -2.19. The summed E-state index contributed by atoms with van der Waals surface area (Å²) in [4.78, 5) is 30.1. The molecule has 0 aliphatic carbocycles. The minimum atomic E-state index is -0.175. The van der Waals surface area contributed by atoms with Crippen LogP contribution in [0.4, 0.5) is 5.95 Å². The standard InChI is InChI=1S/C15H26N6O2/c1-12(9-16-2)14(23)18-15-17-11-21(19-15)10-13(22)20-7-5-3-4-6-8-20/h11-12,16H,3-10H2,1-2H3,(H,18,19,23). The van der Waals surface area contributed by atoms with E-state index in [2.05, 4.69) is 20.7 Å². The molecule has 1 aliphatic rings. The van der Waals surface area contributed by atoms with Crippen LogP contribution in [-0.4, -0.2) is 58.2 Å². The highest BCUT2D eigenvalue weighted by molar-refractivity contribution is 5.90. The van der Waals surface area contributed by atoms with Crippen LogP contribution in [0, 0.1) is 5.92 Å². The van der Waals surface area contributed by atoms with Crippen molar-refractivity contribution in [3.05, 3.63) is 6.33 Å². The van der Waals surface area contributed by atoms with Gasteiger partial charge in [0.15, 0.2) is 0 Å². The number of aromatic nitrogens is 3. The van der Waals surface area contributed by atoms with Gasteiger partial charge >= 0.3 is 0 Å². The van der Waals surface area contributed by atoms with Crippen LogP contribution in [0.3, 0.4) is 0 Å². The number of amides is 2. The minimum absolute atomic E-state index is 0.0539. The van der Waals surface area contributed by atoms with Crippen LogP contribution in [-0.2, 0) is 16.1 Å². The average molecular weight is 322 g/mol. The van der Waals surface area contributed by atoms with E-state index < -0.39 is 0 Å². The topological polar surface area (TPSA) is 92.2 Å². The largest absolute Gasteiger partial charge is 0.341 e. The van der Waals surface area contributed by atoms with E-state index in [1.54, 1.807) is 7.05 Å². The van der Waals surface area contributed by atoms with Gasteiger partial charge < -0.3 is 10.2 Å². The Kier molecular flexibility index (Phi) is 6.52. The highest BCUT2D eigenvalue weighted by Crippen LogP contribution is 2.10. The van der Waals surface area contributed by atoms with Crippen molar-refractivity contribution in [1.82, 2.24) is 25.0 Å². The molecule has 8 heteroatoms. The molecule has 128 valence electrons. The molecule has 1 atom stereocenters. The summed E-state index contributed by atoms with van der Waals surface area (Å²) in [6, 6.07) is 0. The van der Waals surface area contributed by atoms with Gasteiger partial charge in [0, 0.05) is 25.6 Å². The van der Waals surface area contributed by atoms with Crippen molar-refractivity contribution >= 4 is 17.8 Å². The molecule has 1 aromatic rings. The van der Waals surface area contributed by atoms with Crippen molar-refractivity contribution in [1.29, 1.82) is 0 Å². The summed E-state index contributed by atoms with van der Waals surface area (Å²) < 4.78 is 1.48. The summed E-state index contributed by atoms with van der Waals surface area (Å²) in [7, 11) is 1.80. The normalized spacial score (nSPS) is 16.7. The van der Waals surface area contributed by atoms with Crippen LogP contribution in [0.2, 0.25) is 0 Å². The third kappa shape index (κ3) is 5.31. The second kappa shape index (κ2) is 8.61. The van der Waals surface area contributed by atoms with Gasteiger partial charge in [-0.3, -0.25) is 14.9 Å². The zero-order valence-corrected chi connectivity index (χ0v) is 13.9. The lowest BCUT2D eigenvalue weighted by Crippen LogP contribution is -2.34. The Bertz CT molecular complexity index is 522. The molecule has 1 saturated heterocycles. The van der Waals surface area contributed by atoms with Crippen molar-refractivity contribution in [2.75, 3.05) is 32.0 Å². The molecule has 2 heterocycles. The first-order valence-electron chi connectivity index (χ1n) is 8.23. The Balaban J connectivity index is 1.86. The summed E-state index contributed by atoms with van der Waals surface area (Å²) >= 11 is 0. The molecular formula is C15H26N6O2. The van der Waals surface area contributed by atoms with Crippen molar-refractivity contribution < 1.29 is 9.59 Å². The van der Waals surface area contributed by atoms with Gasteiger partial charge in [0.05, 0.1) is 0 Å². The van der Waals surface area contributed by atoms with E-state index in [0.29, 0.717) is 6.54 Å². The van der Waals surface area contributed by atoms with E-state index in [4.69, 9.17) is 0 Å². The third-order valence-electron chi connectivity index (χ3n) is 3.99. The number of carbonyl (C=O) groups is 2. The van der Waals surface area contributed by atoms with Crippen LogP contribution in [0.15, 0.2) is 6.33 Å². The van der Waals surface area contributed by atoms with E-state index in [1.165, 1.54) is 23.9 Å². The smallest absolute Gasteiger partial charge is 0.248 e. The molecule has 1 unspecified atom stereocenters. The number of nitrogens with zero attached hydrogens (tertiary/aromatic N) is 4. The van der Waals surface area contributed by atoms with Crippen molar-refractivity contribution in [3.63, 3.8) is 0 Å². The lowest BCUT2D eigenvalue weighted by molar-refractivity contribution is -0.132. The molecule has 0 aromatic carbocycles. The Morgan fingerprint density at radius 2 is 1.96 bits per heavy atom. The zero-order chi connectivity index (χ0) is 16.7. The van der Waals surface area contributed by atoms with Gasteiger partial charge in [-0.2, -0.15) is 0 Å². The minimum Gasteiger partial charge on any atom is -0.341 e. The molecule has 1 fully saturated rings. The molecule has 1 aliphatic heterocycles. The first-order chi connectivity index (χ1) is 11.1. The Hall–Kier alpha value is -1.96. The number of rotatable bonds is 6. The predicted octanol–water partition coefficient (Wildman–Crippen LogP) is 0.475. The number of carbonyl (C=O) groups excluding carboxylic acids is 2. The van der Waals surface area contributed by atoms with Gasteiger partial charge in [0.1, 0.15) is 12.9 Å². The molecule has 2 amide bonds. The lowest BCUT2D eigenvalue weighted by atomic mass is 10.2. The molecular weight excluding hydrogens is 296 g/mol. The summed E-state index contributed by atoms with van der Waals surface area (Å²) in [5.41, 5.74) is 0. The zero-order valence-electron chi connectivity index (χ0n) is 13.9. The molecule has 0 saturated carbocycles. The van der Waals surface area contributed by atoms with Crippen molar-refractivity contribution in [2.45, 2.75) is 39.2 Å². The van der Waals surface area contributed by atoms with Crippen molar-refractivity contribution in [2.24, 2.45) is 5.92 Å². The fourth-order valence-corrected chi connectivity index (χ4v) is 2.62. The maximum Gasteiger partial charge on any atom is 0.248 e. The molecule has 8 nitrogen and oxygen atoms in total. The van der Waals surface area contributed by atoms with Gasteiger partial charge in [0.2, 0.25) is 17.8 Å². The Morgan fingerprint density at radius 1 is 1.26 bits per heavy atom. The van der Waals surface area contributed by atoms with Gasteiger partial charge in [-0.15, -0.1) is 5.10 Å². The monoisotopic (exact) mass is 322 g/mol. The number of hydrogen-bond donors (Lipinski definition) is 2. The second-order valence-electron chi connectivity index (χ2n) is 6.01. The van der Waals surface area contributed by atoms with Gasteiger partial charge in [-0.1, -0.05) is 19.8 Å². The van der Waals surface area contributed by atoms with Gasteiger partial charge in [0.25, 0.3) is 0 Å². The van der Waals surface area contributed by atoms with E-state index in [9.17, 15) is 9.59 Å². The van der Waals surface area contributed by atoms with Crippen molar-refractivity contribution in [3.8, 4) is 0 Å². The number of anilines is 1. The highest BCUT2D eigenvalue weighted by atomic mass is 16.2. The van der Waals surface area contributed by atoms with E-state index >= 15 is 0 Å². The number of hydrogen-bond acceptors (Lipinski definition) is 5. The Morgan fingerprint density at radius 3 is 2.61 bits per heavy atom. The van der Waals surface area contributed by atoms with Crippen LogP contribution in [0.25, 0.3) is 0 Å². The van der Waals surface area contributed by atoms with Crippen LogP contribution in [0.5, 0.6) is 0 Å². The molecule has 2 rings (SSSR count). The first kappa shape index (κ1) is 17.4. The van der Waals surface area contributed by atoms with E-state index in [-0.39, 0.29) is 30.2 Å². The number of likely N-dealkylation sites (tertiary alicyclic amines) is 1. The van der Waals surface area contributed by atoms with Gasteiger partial charge in [-0.05, 0) is 19.9 Å². The summed E-state index contributed by atoms with van der Waals surface area (Å²) in [6.07, 6.45) is 5.98. The van der Waals surface area contributed by atoms with Crippen LogP contribution < -0.4 is 10.6 Å². The number of nitrogens with one attached hydrogen (secondary N) is 2. The summed E-state index contributed by atoms with van der Waals surface area (Å²) in [5.74, 6) is -0.0264. The quantitative estimate of drug-likeness (QED) is 0.794. The van der Waals surface area contributed by atoms with Gasteiger partial charge in [-0.25, -0.2) is 9.67 Å². The third-order valence-corrected chi connectivity index (χ3v) is 3.99.